The van der Waals surface area contributed by atoms with E-state index in [-0.39, 0.29) is 5.92 Å². The number of benzene rings is 1. The second-order valence-electron chi connectivity index (χ2n) is 3.83. The topological polar surface area (TPSA) is 12.0 Å². The summed E-state index contributed by atoms with van der Waals surface area (Å²) in [5.74, 6) is -1.28. The van der Waals surface area contributed by atoms with Gasteiger partial charge < -0.3 is 5.32 Å². The predicted molar refractivity (Wildman–Crippen MR) is 58.9 cm³/mol. The van der Waals surface area contributed by atoms with Gasteiger partial charge in [-0.1, -0.05) is 15.9 Å². The maximum atomic E-state index is 13.1. The molecule has 0 bridgehead atoms. The SMILES string of the molecule is Fc1cc(Br)c(C2CCCNC2)cc1F. The van der Waals surface area contributed by atoms with Crippen molar-refractivity contribution >= 4 is 15.9 Å². The number of halogens is 3. The Bertz CT molecular complexity index is 362. The van der Waals surface area contributed by atoms with Crippen molar-refractivity contribution < 1.29 is 8.78 Å². The molecule has 1 heterocycles. The Kier molecular flexibility index (Phi) is 3.36. The van der Waals surface area contributed by atoms with Crippen LogP contribution < -0.4 is 5.32 Å². The molecular formula is C11H12BrF2N. The van der Waals surface area contributed by atoms with Gasteiger partial charge in [-0.05, 0) is 43.0 Å². The summed E-state index contributed by atoms with van der Waals surface area (Å²) in [7, 11) is 0. The molecule has 1 aromatic rings. The Morgan fingerprint density at radius 1 is 1.27 bits per heavy atom. The van der Waals surface area contributed by atoms with E-state index in [1.807, 2.05) is 0 Å². The lowest BCUT2D eigenvalue weighted by atomic mass is 9.91. The highest BCUT2D eigenvalue weighted by Gasteiger charge is 2.19. The quantitative estimate of drug-likeness (QED) is 0.777. The fourth-order valence-corrected chi connectivity index (χ4v) is 2.61. The lowest BCUT2D eigenvalue weighted by Crippen LogP contribution is -2.28. The van der Waals surface area contributed by atoms with E-state index in [0.29, 0.717) is 4.47 Å². The molecule has 15 heavy (non-hydrogen) atoms. The molecule has 0 saturated carbocycles. The van der Waals surface area contributed by atoms with Gasteiger partial charge in [-0.2, -0.15) is 0 Å². The Morgan fingerprint density at radius 2 is 2.00 bits per heavy atom. The van der Waals surface area contributed by atoms with Crippen molar-refractivity contribution in [2.24, 2.45) is 0 Å². The summed E-state index contributed by atoms with van der Waals surface area (Å²) in [5, 5.41) is 3.26. The van der Waals surface area contributed by atoms with Crippen molar-refractivity contribution in [2.75, 3.05) is 13.1 Å². The van der Waals surface area contributed by atoms with Gasteiger partial charge in [-0.25, -0.2) is 8.78 Å². The molecule has 0 amide bonds. The van der Waals surface area contributed by atoms with Gasteiger partial charge in [0.2, 0.25) is 0 Å². The van der Waals surface area contributed by atoms with Gasteiger partial charge in [0.15, 0.2) is 11.6 Å². The van der Waals surface area contributed by atoms with Crippen molar-refractivity contribution in [3.8, 4) is 0 Å². The van der Waals surface area contributed by atoms with E-state index in [4.69, 9.17) is 0 Å². The van der Waals surface area contributed by atoms with Crippen molar-refractivity contribution in [3.63, 3.8) is 0 Å². The Labute approximate surface area is 96.0 Å². The zero-order valence-corrected chi connectivity index (χ0v) is 9.78. The van der Waals surface area contributed by atoms with Crippen LogP contribution in [0.15, 0.2) is 16.6 Å². The first-order chi connectivity index (χ1) is 7.18. The summed E-state index contributed by atoms with van der Waals surface area (Å²) in [6, 6.07) is 2.51. The van der Waals surface area contributed by atoms with E-state index in [9.17, 15) is 8.78 Å². The summed E-state index contributed by atoms with van der Waals surface area (Å²) in [6.45, 7) is 1.85. The highest BCUT2D eigenvalue weighted by molar-refractivity contribution is 9.10. The molecule has 0 aromatic heterocycles. The molecule has 1 saturated heterocycles. The van der Waals surface area contributed by atoms with Crippen LogP contribution in [0, 0.1) is 11.6 Å². The molecule has 1 aromatic carbocycles. The van der Waals surface area contributed by atoms with E-state index in [0.717, 1.165) is 31.5 Å². The van der Waals surface area contributed by atoms with Crippen LogP contribution in [0.5, 0.6) is 0 Å². The standard InChI is InChI=1S/C11H12BrF2N/c12-9-5-11(14)10(13)4-8(9)7-2-1-3-15-6-7/h4-5,7,15H,1-3,6H2. The summed E-state index contributed by atoms with van der Waals surface area (Å²) in [6.07, 6.45) is 2.10. The average molecular weight is 276 g/mol. The van der Waals surface area contributed by atoms with Crippen LogP contribution in [-0.4, -0.2) is 13.1 Å². The number of rotatable bonds is 1. The molecule has 0 aliphatic carbocycles. The van der Waals surface area contributed by atoms with Crippen LogP contribution in [0.2, 0.25) is 0 Å². The highest BCUT2D eigenvalue weighted by atomic mass is 79.9. The maximum Gasteiger partial charge on any atom is 0.159 e. The first kappa shape index (κ1) is 11.0. The van der Waals surface area contributed by atoms with E-state index < -0.39 is 11.6 Å². The summed E-state index contributed by atoms with van der Waals surface area (Å²) < 4.78 is 26.7. The number of hydrogen-bond donors (Lipinski definition) is 1. The smallest absolute Gasteiger partial charge is 0.159 e. The molecule has 1 aliphatic rings. The third-order valence-corrected chi connectivity index (χ3v) is 3.46. The minimum atomic E-state index is -0.797. The monoisotopic (exact) mass is 275 g/mol. The zero-order chi connectivity index (χ0) is 10.8. The molecule has 1 nitrogen and oxygen atoms in total. The minimum Gasteiger partial charge on any atom is -0.316 e. The molecule has 2 rings (SSSR count). The van der Waals surface area contributed by atoms with Crippen LogP contribution in [-0.2, 0) is 0 Å². The van der Waals surface area contributed by atoms with Crippen molar-refractivity contribution in [3.05, 3.63) is 33.8 Å². The number of piperidine rings is 1. The Hall–Kier alpha value is -0.480. The fourth-order valence-electron chi connectivity index (χ4n) is 1.97. The molecule has 0 radical (unpaired) electrons. The van der Waals surface area contributed by atoms with Gasteiger partial charge in [-0.3, -0.25) is 0 Å². The molecule has 82 valence electrons. The lowest BCUT2D eigenvalue weighted by Gasteiger charge is -2.24. The van der Waals surface area contributed by atoms with Crippen LogP contribution in [0.3, 0.4) is 0 Å². The van der Waals surface area contributed by atoms with Gasteiger partial charge >= 0.3 is 0 Å². The first-order valence-corrected chi connectivity index (χ1v) is 5.83. The Morgan fingerprint density at radius 3 is 2.67 bits per heavy atom. The minimum absolute atomic E-state index is 0.281. The van der Waals surface area contributed by atoms with Crippen LogP contribution in [0.1, 0.15) is 24.3 Å². The predicted octanol–water partition coefficient (Wildman–Crippen LogP) is 3.19. The normalized spacial score (nSPS) is 21.7. The van der Waals surface area contributed by atoms with Gasteiger partial charge in [0, 0.05) is 11.0 Å². The largest absolute Gasteiger partial charge is 0.316 e. The summed E-state index contributed by atoms with van der Waals surface area (Å²) >= 11 is 3.28. The van der Waals surface area contributed by atoms with Crippen LogP contribution in [0.25, 0.3) is 0 Å². The van der Waals surface area contributed by atoms with Gasteiger partial charge in [0.05, 0.1) is 0 Å². The lowest BCUT2D eigenvalue weighted by molar-refractivity contribution is 0.453. The molecule has 1 aliphatic heterocycles. The van der Waals surface area contributed by atoms with Crippen LogP contribution in [0.4, 0.5) is 8.78 Å². The maximum absolute atomic E-state index is 13.1. The third kappa shape index (κ3) is 2.37. The van der Waals surface area contributed by atoms with E-state index in [1.165, 1.54) is 12.1 Å². The average Bonchev–Trinajstić information content (AvgIpc) is 2.25. The molecule has 1 unspecified atom stereocenters. The summed E-state index contributed by atoms with van der Waals surface area (Å²) in [4.78, 5) is 0. The van der Waals surface area contributed by atoms with Crippen molar-refractivity contribution in [1.82, 2.24) is 5.32 Å². The molecule has 1 atom stereocenters. The van der Waals surface area contributed by atoms with Gasteiger partial charge in [0.25, 0.3) is 0 Å². The first-order valence-electron chi connectivity index (χ1n) is 5.03. The highest BCUT2D eigenvalue weighted by Crippen LogP contribution is 2.31. The van der Waals surface area contributed by atoms with Crippen molar-refractivity contribution in [1.29, 1.82) is 0 Å². The molecule has 1 N–H and O–H groups in total. The molecule has 0 spiro atoms. The third-order valence-electron chi connectivity index (χ3n) is 2.78. The van der Waals surface area contributed by atoms with Crippen molar-refractivity contribution in [2.45, 2.75) is 18.8 Å². The number of nitrogens with one attached hydrogen (secondary N) is 1. The Balaban J connectivity index is 2.30. The van der Waals surface area contributed by atoms with E-state index in [1.54, 1.807) is 0 Å². The van der Waals surface area contributed by atoms with Gasteiger partial charge in [0.1, 0.15) is 0 Å². The molecule has 1 fully saturated rings. The molecular weight excluding hydrogens is 264 g/mol. The zero-order valence-electron chi connectivity index (χ0n) is 8.19. The fraction of sp³-hybridized carbons (Fsp3) is 0.455. The van der Waals surface area contributed by atoms with E-state index in [2.05, 4.69) is 21.2 Å². The second kappa shape index (κ2) is 4.58. The second-order valence-corrected chi connectivity index (χ2v) is 4.69. The summed E-state index contributed by atoms with van der Waals surface area (Å²) in [5.41, 5.74) is 0.862. The van der Waals surface area contributed by atoms with Gasteiger partial charge in [-0.15, -0.1) is 0 Å². The van der Waals surface area contributed by atoms with E-state index >= 15 is 0 Å². The molecule has 4 heteroatoms. The van der Waals surface area contributed by atoms with Crippen LogP contribution >= 0.6 is 15.9 Å². The number of hydrogen-bond acceptors (Lipinski definition) is 1.